The predicted molar refractivity (Wildman–Crippen MR) is 120 cm³/mol. The minimum Gasteiger partial charge on any atom is -0.395 e. The molecule has 4 nitrogen and oxygen atoms in total. The minimum atomic E-state index is -0.0180. The molecule has 1 saturated carbocycles. The highest BCUT2D eigenvalue weighted by Crippen LogP contribution is 2.51. The quantitative estimate of drug-likeness (QED) is 0.530. The summed E-state index contributed by atoms with van der Waals surface area (Å²) in [6.45, 7) is 0.632. The lowest BCUT2D eigenvalue weighted by molar-refractivity contribution is -0.130. The Balaban J connectivity index is 1.77. The summed E-state index contributed by atoms with van der Waals surface area (Å²) in [5, 5.41) is 10.4. The third-order valence-electron chi connectivity index (χ3n) is 6.07. The second-order valence-electron chi connectivity index (χ2n) is 7.67. The first-order valence-electron chi connectivity index (χ1n) is 9.74. The average molecular weight is 488 g/mol. The van der Waals surface area contributed by atoms with Crippen molar-refractivity contribution in [1.82, 2.24) is 9.47 Å². The topological polar surface area (TPSA) is 45.5 Å². The van der Waals surface area contributed by atoms with E-state index in [4.69, 9.17) is 5.11 Å². The molecule has 4 rings (SSSR count). The molecule has 146 valence electrons. The second-order valence-corrected chi connectivity index (χ2v) is 8.91. The molecule has 3 aromatic rings. The van der Waals surface area contributed by atoms with E-state index < -0.39 is 0 Å². The van der Waals surface area contributed by atoms with E-state index in [-0.39, 0.29) is 17.9 Å². The number of para-hydroxylation sites is 1. The summed E-state index contributed by atoms with van der Waals surface area (Å²) >= 11 is 2.35. The molecule has 1 fully saturated rings. The average Bonchev–Trinajstić information content (AvgIpc) is 3.01. The zero-order valence-corrected chi connectivity index (χ0v) is 18.2. The number of benzene rings is 2. The highest BCUT2D eigenvalue weighted by atomic mass is 127. The number of halogens is 1. The van der Waals surface area contributed by atoms with Crippen LogP contribution in [0.15, 0.2) is 54.7 Å². The standard InChI is InChI=1S/C23H25IN2O2/c1-25(13-14-27)22(28)16-26-15-20(19-5-2-3-6-21(19)26)23(11-4-12-23)17-7-9-18(24)10-8-17/h2-3,5-10,15,27H,4,11-14,16H2,1H3. The zero-order valence-electron chi connectivity index (χ0n) is 16.1. The lowest BCUT2D eigenvalue weighted by Crippen LogP contribution is -2.35. The Morgan fingerprint density at radius 2 is 1.89 bits per heavy atom. The van der Waals surface area contributed by atoms with Crippen molar-refractivity contribution in [2.75, 3.05) is 20.2 Å². The summed E-state index contributed by atoms with van der Waals surface area (Å²) < 4.78 is 3.32. The lowest BCUT2D eigenvalue weighted by Gasteiger charge is -2.42. The zero-order chi connectivity index (χ0) is 19.7. The van der Waals surface area contributed by atoms with Gasteiger partial charge in [0.15, 0.2) is 0 Å². The molecule has 0 unspecified atom stereocenters. The van der Waals surface area contributed by atoms with Gasteiger partial charge < -0.3 is 14.6 Å². The van der Waals surface area contributed by atoms with Crippen LogP contribution >= 0.6 is 22.6 Å². The van der Waals surface area contributed by atoms with E-state index in [2.05, 4.69) is 75.8 Å². The first kappa shape index (κ1) is 19.5. The molecule has 28 heavy (non-hydrogen) atoms. The van der Waals surface area contributed by atoms with Crippen molar-refractivity contribution >= 4 is 39.4 Å². The minimum absolute atomic E-state index is 0.0123. The van der Waals surface area contributed by atoms with Crippen molar-refractivity contribution in [1.29, 1.82) is 0 Å². The van der Waals surface area contributed by atoms with Crippen LogP contribution < -0.4 is 0 Å². The molecule has 1 aliphatic carbocycles. The maximum absolute atomic E-state index is 12.6. The first-order chi connectivity index (χ1) is 13.5. The Hall–Kier alpha value is -1.86. The van der Waals surface area contributed by atoms with Crippen molar-refractivity contribution in [2.45, 2.75) is 31.2 Å². The highest BCUT2D eigenvalue weighted by molar-refractivity contribution is 14.1. The molecule has 0 aliphatic heterocycles. The molecule has 0 bridgehead atoms. The Morgan fingerprint density at radius 1 is 1.18 bits per heavy atom. The highest BCUT2D eigenvalue weighted by Gasteiger charge is 2.42. The molecule has 1 aromatic heterocycles. The number of likely N-dealkylation sites (N-methyl/N-ethyl adjacent to an activating group) is 1. The van der Waals surface area contributed by atoms with Gasteiger partial charge in [-0.3, -0.25) is 4.79 Å². The molecule has 0 atom stereocenters. The van der Waals surface area contributed by atoms with E-state index >= 15 is 0 Å². The van der Waals surface area contributed by atoms with Gasteiger partial charge in [0.2, 0.25) is 5.91 Å². The van der Waals surface area contributed by atoms with Crippen molar-refractivity contribution in [3.05, 3.63) is 69.4 Å². The van der Waals surface area contributed by atoms with Crippen LogP contribution in [0.4, 0.5) is 0 Å². The molecule has 1 N–H and O–H groups in total. The molecule has 0 radical (unpaired) electrons. The van der Waals surface area contributed by atoms with Crippen molar-refractivity contribution in [3.63, 3.8) is 0 Å². The summed E-state index contributed by atoms with van der Waals surface area (Å²) in [5.41, 5.74) is 3.83. The fourth-order valence-electron chi connectivity index (χ4n) is 4.31. The lowest BCUT2D eigenvalue weighted by atomic mass is 9.60. The second kappa shape index (κ2) is 7.87. The first-order valence-corrected chi connectivity index (χ1v) is 10.8. The number of hydrogen-bond donors (Lipinski definition) is 1. The fraction of sp³-hybridized carbons (Fsp3) is 0.348. The summed E-state index contributed by atoms with van der Waals surface area (Å²) in [4.78, 5) is 14.2. The molecule has 0 saturated heterocycles. The third kappa shape index (κ3) is 3.35. The Labute approximate surface area is 179 Å². The van der Waals surface area contributed by atoms with Gasteiger partial charge in [0, 0.05) is 39.7 Å². The molecule has 0 spiro atoms. The van der Waals surface area contributed by atoms with E-state index in [1.54, 1.807) is 11.9 Å². The van der Waals surface area contributed by atoms with Gasteiger partial charge in [0.25, 0.3) is 0 Å². The number of fused-ring (bicyclic) bond motifs is 1. The number of carbonyl (C=O) groups is 1. The van der Waals surface area contributed by atoms with Gasteiger partial charge in [0.1, 0.15) is 6.54 Å². The number of aromatic nitrogens is 1. The SMILES string of the molecule is CN(CCO)C(=O)Cn1cc(C2(c3ccc(I)cc3)CCC2)c2ccccc21. The van der Waals surface area contributed by atoms with Crippen LogP contribution in [0, 0.1) is 3.57 Å². The van der Waals surface area contributed by atoms with Crippen LogP contribution in [0.5, 0.6) is 0 Å². The molecule has 1 amide bonds. The number of hydrogen-bond acceptors (Lipinski definition) is 2. The number of amides is 1. The van der Waals surface area contributed by atoms with Gasteiger partial charge in [-0.25, -0.2) is 0 Å². The summed E-state index contributed by atoms with van der Waals surface area (Å²) in [5.74, 6) is 0.0123. The van der Waals surface area contributed by atoms with E-state index in [0.717, 1.165) is 18.4 Å². The van der Waals surface area contributed by atoms with Crippen LogP contribution in [0.3, 0.4) is 0 Å². The maximum Gasteiger partial charge on any atom is 0.242 e. The van der Waals surface area contributed by atoms with Gasteiger partial charge in [-0.15, -0.1) is 0 Å². The van der Waals surface area contributed by atoms with Gasteiger partial charge in [-0.2, -0.15) is 0 Å². The van der Waals surface area contributed by atoms with Crippen LogP contribution in [0.2, 0.25) is 0 Å². The van der Waals surface area contributed by atoms with Gasteiger partial charge in [-0.1, -0.05) is 36.8 Å². The molecule has 1 heterocycles. The number of aliphatic hydroxyl groups excluding tert-OH is 1. The van der Waals surface area contributed by atoms with Crippen molar-refractivity contribution < 1.29 is 9.90 Å². The van der Waals surface area contributed by atoms with E-state index in [0.29, 0.717) is 13.1 Å². The number of aliphatic hydroxyl groups is 1. The smallest absolute Gasteiger partial charge is 0.242 e. The van der Waals surface area contributed by atoms with Crippen molar-refractivity contribution in [2.24, 2.45) is 0 Å². The third-order valence-corrected chi connectivity index (χ3v) is 6.79. The van der Waals surface area contributed by atoms with Crippen LogP contribution in [0.1, 0.15) is 30.4 Å². The molecular formula is C23H25IN2O2. The monoisotopic (exact) mass is 488 g/mol. The maximum atomic E-state index is 12.6. The summed E-state index contributed by atoms with van der Waals surface area (Å²) in [6.07, 6.45) is 5.69. The number of rotatable bonds is 6. The Bertz CT molecular complexity index is 990. The van der Waals surface area contributed by atoms with Crippen LogP contribution in [-0.2, 0) is 16.8 Å². The Morgan fingerprint density at radius 3 is 2.54 bits per heavy atom. The molecule has 2 aromatic carbocycles. The fourth-order valence-corrected chi connectivity index (χ4v) is 4.67. The van der Waals surface area contributed by atoms with Gasteiger partial charge in [-0.05, 0) is 64.8 Å². The largest absolute Gasteiger partial charge is 0.395 e. The number of nitrogens with zero attached hydrogens (tertiary/aromatic N) is 2. The van der Waals surface area contributed by atoms with E-state index in [1.165, 1.54) is 26.5 Å². The number of carbonyl (C=O) groups excluding carboxylic acids is 1. The van der Waals surface area contributed by atoms with Crippen LogP contribution in [-0.4, -0.2) is 40.7 Å². The summed E-state index contributed by atoms with van der Waals surface area (Å²) in [6, 6.07) is 17.3. The van der Waals surface area contributed by atoms with Crippen LogP contribution in [0.25, 0.3) is 10.9 Å². The van der Waals surface area contributed by atoms with Gasteiger partial charge in [0.05, 0.1) is 6.61 Å². The Kier molecular flexibility index (Phi) is 5.47. The van der Waals surface area contributed by atoms with Gasteiger partial charge >= 0.3 is 0 Å². The normalized spacial score (nSPS) is 15.4. The molecular weight excluding hydrogens is 463 g/mol. The molecule has 1 aliphatic rings. The van der Waals surface area contributed by atoms with E-state index in [1.807, 2.05) is 6.07 Å². The predicted octanol–water partition coefficient (Wildman–Crippen LogP) is 4.17. The summed E-state index contributed by atoms with van der Waals surface area (Å²) in [7, 11) is 1.74. The van der Waals surface area contributed by atoms with Crippen molar-refractivity contribution in [3.8, 4) is 0 Å². The van der Waals surface area contributed by atoms with E-state index in [9.17, 15) is 4.79 Å². The molecule has 5 heteroatoms.